The Labute approximate surface area is 278 Å². The van der Waals surface area contributed by atoms with E-state index >= 15 is 0 Å². The van der Waals surface area contributed by atoms with Gasteiger partial charge in [-0.2, -0.15) is 0 Å². The van der Waals surface area contributed by atoms with E-state index in [9.17, 15) is 0 Å². The van der Waals surface area contributed by atoms with E-state index in [1.165, 1.54) is 89.9 Å². The minimum atomic E-state index is 0.879. The lowest BCUT2D eigenvalue weighted by Gasteiger charge is -2.17. The van der Waals surface area contributed by atoms with Crippen molar-refractivity contribution in [2.45, 2.75) is 249 Å². The smallest absolute Gasteiger partial charge is 0.0420 e. The standard InChI is InChI=1S/C26H54.8C2H6/c1-8-26(9-2)21-13-20-25(7)19-12-18-24(6)17-11-16-23(5)15-10-14-22(3)4;8*1-2/h22-26H,8-21H2,1-7H3;8*1-2H3. The van der Waals surface area contributed by atoms with Crippen molar-refractivity contribution in [3.05, 3.63) is 0 Å². The molecule has 0 aliphatic rings. The van der Waals surface area contributed by atoms with Gasteiger partial charge in [0.05, 0.1) is 0 Å². The maximum atomic E-state index is 2.49. The molecule has 0 aliphatic carbocycles. The zero-order chi connectivity index (χ0) is 35.8. The largest absolute Gasteiger partial charge is 0.0683 e. The Hall–Kier alpha value is 0. The van der Waals surface area contributed by atoms with Crippen LogP contribution in [-0.4, -0.2) is 0 Å². The van der Waals surface area contributed by atoms with Crippen molar-refractivity contribution in [1.82, 2.24) is 0 Å². The van der Waals surface area contributed by atoms with Crippen LogP contribution in [0.4, 0.5) is 0 Å². The minimum absolute atomic E-state index is 0.879. The van der Waals surface area contributed by atoms with Crippen molar-refractivity contribution in [2.75, 3.05) is 0 Å². The van der Waals surface area contributed by atoms with Crippen LogP contribution in [0, 0.1) is 29.6 Å². The highest BCUT2D eigenvalue weighted by Crippen LogP contribution is 2.24. The number of rotatable bonds is 18. The molecule has 0 saturated heterocycles. The highest BCUT2D eigenvalue weighted by Gasteiger charge is 2.09. The minimum Gasteiger partial charge on any atom is -0.0683 e. The first kappa shape index (κ1) is 64.8. The summed E-state index contributed by atoms with van der Waals surface area (Å²) in [7, 11) is 0. The fourth-order valence-electron chi connectivity index (χ4n) is 4.39. The van der Waals surface area contributed by atoms with E-state index in [0.29, 0.717) is 0 Å². The first-order valence-electron chi connectivity index (χ1n) is 20.4. The molecule has 42 heavy (non-hydrogen) atoms. The molecule has 0 heterocycles. The van der Waals surface area contributed by atoms with Crippen LogP contribution in [0.1, 0.15) is 249 Å². The monoisotopic (exact) mass is 607 g/mol. The summed E-state index contributed by atoms with van der Waals surface area (Å²) < 4.78 is 0. The van der Waals surface area contributed by atoms with Crippen LogP contribution >= 0.6 is 0 Å². The molecule has 0 radical (unpaired) electrons. The molecule has 0 rings (SSSR count). The molecule has 3 atom stereocenters. The molecule has 0 spiro atoms. The topological polar surface area (TPSA) is 0 Å². The van der Waals surface area contributed by atoms with Crippen LogP contribution in [0.3, 0.4) is 0 Å². The first-order valence-corrected chi connectivity index (χ1v) is 20.4. The van der Waals surface area contributed by atoms with E-state index in [2.05, 4.69) is 48.5 Å². The molecular weight excluding hydrogens is 504 g/mol. The normalized spacial score (nSPS) is 10.8. The molecule has 0 bridgehead atoms. The third-order valence-electron chi connectivity index (χ3n) is 6.73. The van der Waals surface area contributed by atoms with Crippen molar-refractivity contribution in [2.24, 2.45) is 29.6 Å². The van der Waals surface area contributed by atoms with Gasteiger partial charge in [-0.05, 0) is 29.6 Å². The summed E-state index contributed by atoms with van der Waals surface area (Å²) in [5.41, 5.74) is 0. The molecule has 0 amide bonds. The van der Waals surface area contributed by atoms with Crippen molar-refractivity contribution >= 4 is 0 Å². The lowest BCUT2D eigenvalue weighted by molar-refractivity contribution is 0.361. The Morgan fingerprint density at radius 1 is 0.286 bits per heavy atom. The average Bonchev–Trinajstić information content (AvgIpc) is 3.07. The molecule has 0 N–H and O–H groups in total. The quantitative estimate of drug-likeness (QED) is 0.145. The molecule has 3 unspecified atom stereocenters. The van der Waals surface area contributed by atoms with Crippen molar-refractivity contribution in [3.63, 3.8) is 0 Å². The van der Waals surface area contributed by atoms with E-state index in [1.54, 1.807) is 0 Å². The molecule has 0 aromatic carbocycles. The van der Waals surface area contributed by atoms with E-state index in [4.69, 9.17) is 0 Å². The van der Waals surface area contributed by atoms with Gasteiger partial charge in [-0.1, -0.05) is 249 Å². The zero-order valence-corrected chi connectivity index (χ0v) is 35.8. The zero-order valence-electron chi connectivity index (χ0n) is 35.8. The number of hydrogen-bond donors (Lipinski definition) is 0. The summed E-state index contributed by atoms with van der Waals surface area (Å²) >= 11 is 0. The lowest BCUT2D eigenvalue weighted by atomic mass is 9.89. The molecule has 270 valence electrons. The van der Waals surface area contributed by atoms with Gasteiger partial charge in [-0.15, -0.1) is 0 Å². The Morgan fingerprint density at radius 3 is 0.667 bits per heavy atom. The summed E-state index contributed by atoms with van der Waals surface area (Å²) in [6.07, 6.45) is 20.1. The van der Waals surface area contributed by atoms with E-state index in [-0.39, 0.29) is 0 Å². The fourth-order valence-corrected chi connectivity index (χ4v) is 4.39. The van der Waals surface area contributed by atoms with Crippen LogP contribution in [0.2, 0.25) is 0 Å². The number of hydrogen-bond acceptors (Lipinski definition) is 0. The predicted molar refractivity (Wildman–Crippen MR) is 213 cm³/mol. The SMILES string of the molecule is CC.CC.CC.CC.CC.CC.CC.CC.CCC(CC)CCCC(C)CCCC(C)CCCC(C)CCCC(C)C. The van der Waals surface area contributed by atoms with Gasteiger partial charge in [0, 0.05) is 0 Å². The van der Waals surface area contributed by atoms with Crippen molar-refractivity contribution in [3.8, 4) is 0 Å². The van der Waals surface area contributed by atoms with Crippen molar-refractivity contribution < 1.29 is 0 Å². The second kappa shape index (κ2) is 78.0. The highest BCUT2D eigenvalue weighted by molar-refractivity contribution is 4.62. The van der Waals surface area contributed by atoms with Gasteiger partial charge in [-0.25, -0.2) is 0 Å². The van der Waals surface area contributed by atoms with E-state index in [0.717, 1.165) is 29.6 Å². The second-order valence-corrected chi connectivity index (χ2v) is 10.1. The van der Waals surface area contributed by atoms with Gasteiger partial charge in [-0.3, -0.25) is 0 Å². The summed E-state index contributed by atoms with van der Waals surface area (Å²) in [6.45, 7) is 48.8. The van der Waals surface area contributed by atoms with Crippen molar-refractivity contribution in [1.29, 1.82) is 0 Å². The van der Waals surface area contributed by atoms with Crippen LogP contribution in [0.15, 0.2) is 0 Å². The van der Waals surface area contributed by atoms with Gasteiger partial charge >= 0.3 is 0 Å². The Morgan fingerprint density at radius 2 is 0.476 bits per heavy atom. The molecule has 0 saturated carbocycles. The molecular formula is C42H102. The predicted octanol–water partition coefficient (Wildman–Crippen LogP) is 17.9. The van der Waals surface area contributed by atoms with E-state index < -0.39 is 0 Å². The van der Waals surface area contributed by atoms with Gasteiger partial charge in [0.1, 0.15) is 0 Å². The molecule has 0 nitrogen and oxygen atoms in total. The van der Waals surface area contributed by atoms with Gasteiger partial charge in [0.15, 0.2) is 0 Å². The molecule has 0 heteroatoms. The van der Waals surface area contributed by atoms with Gasteiger partial charge < -0.3 is 0 Å². The molecule has 0 aromatic rings. The maximum Gasteiger partial charge on any atom is -0.0420 e. The summed E-state index contributed by atoms with van der Waals surface area (Å²) in [5.74, 6) is 4.68. The summed E-state index contributed by atoms with van der Waals surface area (Å²) in [5, 5.41) is 0. The van der Waals surface area contributed by atoms with Crippen LogP contribution < -0.4 is 0 Å². The molecule has 0 fully saturated rings. The molecule has 0 aliphatic heterocycles. The Kier molecular flexibility index (Phi) is 120. The molecule has 0 aromatic heterocycles. The van der Waals surface area contributed by atoms with E-state index in [1.807, 2.05) is 111 Å². The Bertz CT molecular complexity index is 276. The second-order valence-electron chi connectivity index (χ2n) is 10.1. The first-order chi connectivity index (χ1) is 20.4. The van der Waals surface area contributed by atoms with Gasteiger partial charge in [0.25, 0.3) is 0 Å². The average molecular weight is 607 g/mol. The third kappa shape index (κ3) is 77.6. The third-order valence-corrected chi connectivity index (χ3v) is 6.73. The lowest BCUT2D eigenvalue weighted by Crippen LogP contribution is -2.02. The summed E-state index contributed by atoms with van der Waals surface area (Å²) in [6, 6.07) is 0. The van der Waals surface area contributed by atoms with Crippen LogP contribution in [-0.2, 0) is 0 Å². The maximum absolute atomic E-state index is 2.49. The highest BCUT2D eigenvalue weighted by atomic mass is 14.2. The fraction of sp³-hybridized carbons (Fsp3) is 1.00. The summed E-state index contributed by atoms with van der Waals surface area (Å²) in [4.78, 5) is 0. The van der Waals surface area contributed by atoms with Gasteiger partial charge in [0.2, 0.25) is 0 Å². The Balaban J connectivity index is -0.0000000831. The van der Waals surface area contributed by atoms with Crippen LogP contribution in [0.5, 0.6) is 0 Å². The van der Waals surface area contributed by atoms with Crippen LogP contribution in [0.25, 0.3) is 0 Å².